The Morgan fingerprint density at radius 2 is 2.15 bits per heavy atom. The third-order valence-corrected chi connectivity index (χ3v) is 4.73. The molecule has 0 radical (unpaired) electrons. The fourth-order valence-corrected chi connectivity index (χ4v) is 3.04. The fraction of sp³-hybridized carbons (Fsp3) is 0.857. The van der Waals surface area contributed by atoms with Crippen LogP contribution in [-0.2, 0) is 11.2 Å². The van der Waals surface area contributed by atoms with E-state index in [1.54, 1.807) is 7.11 Å². The number of hydrogen-bond acceptors (Lipinski definition) is 6. The molecule has 2 heterocycles. The standard InChI is InChI=1S/C14H24N4O2/c1-11(18-8-6-15-7-9-18)13-16-12(20-17-13)10-14(19-2)4-3-5-14/h11,15H,3-10H2,1-2H3. The Bertz CT molecular complexity index is 433. The number of rotatable bonds is 5. The zero-order valence-electron chi connectivity index (χ0n) is 12.4. The molecule has 1 aliphatic heterocycles. The van der Waals surface area contributed by atoms with Gasteiger partial charge in [0.25, 0.3) is 0 Å². The summed E-state index contributed by atoms with van der Waals surface area (Å²) < 4.78 is 11.0. The number of aromatic nitrogens is 2. The highest BCUT2D eigenvalue weighted by molar-refractivity contribution is 5.01. The Morgan fingerprint density at radius 1 is 1.40 bits per heavy atom. The predicted octanol–water partition coefficient (Wildman–Crippen LogP) is 1.15. The number of hydrogen-bond donors (Lipinski definition) is 1. The summed E-state index contributed by atoms with van der Waals surface area (Å²) >= 11 is 0. The van der Waals surface area contributed by atoms with E-state index < -0.39 is 0 Å². The minimum absolute atomic E-state index is 0.0535. The molecule has 2 aliphatic rings. The summed E-state index contributed by atoms with van der Waals surface area (Å²) in [5.74, 6) is 1.51. The van der Waals surface area contributed by atoms with Crippen LogP contribution in [0.3, 0.4) is 0 Å². The average Bonchev–Trinajstić information content (AvgIpc) is 2.91. The van der Waals surface area contributed by atoms with Crippen LogP contribution in [0, 0.1) is 0 Å². The second-order valence-electron chi connectivity index (χ2n) is 5.93. The summed E-state index contributed by atoms with van der Waals surface area (Å²) in [6.45, 7) is 6.28. The molecule has 6 nitrogen and oxygen atoms in total. The van der Waals surface area contributed by atoms with Crippen molar-refractivity contribution >= 4 is 0 Å². The number of methoxy groups -OCH3 is 1. The zero-order chi connectivity index (χ0) is 14.0. The lowest BCUT2D eigenvalue weighted by atomic mass is 9.77. The van der Waals surface area contributed by atoms with Gasteiger partial charge < -0.3 is 14.6 Å². The van der Waals surface area contributed by atoms with E-state index in [1.165, 1.54) is 6.42 Å². The number of piperazine rings is 1. The van der Waals surface area contributed by atoms with E-state index in [0.29, 0.717) is 5.89 Å². The maximum absolute atomic E-state index is 5.62. The van der Waals surface area contributed by atoms with E-state index in [0.717, 1.165) is 51.3 Å². The molecule has 1 aromatic heterocycles. The van der Waals surface area contributed by atoms with E-state index in [4.69, 9.17) is 9.26 Å². The van der Waals surface area contributed by atoms with Gasteiger partial charge in [0.1, 0.15) is 0 Å². The topological polar surface area (TPSA) is 63.4 Å². The van der Waals surface area contributed by atoms with Gasteiger partial charge in [0.05, 0.1) is 18.1 Å². The van der Waals surface area contributed by atoms with Crippen LogP contribution in [0.15, 0.2) is 4.52 Å². The quantitative estimate of drug-likeness (QED) is 0.873. The van der Waals surface area contributed by atoms with Crippen molar-refractivity contribution < 1.29 is 9.26 Å². The normalized spacial score (nSPS) is 24.3. The highest BCUT2D eigenvalue weighted by atomic mass is 16.5. The Kier molecular flexibility index (Phi) is 4.05. The first-order valence-corrected chi connectivity index (χ1v) is 7.55. The highest BCUT2D eigenvalue weighted by Crippen LogP contribution is 2.37. The molecule has 1 aromatic rings. The molecule has 1 aliphatic carbocycles. The van der Waals surface area contributed by atoms with Crippen LogP contribution in [0.2, 0.25) is 0 Å². The number of nitrogens with one attached hydrogen (secondary N) is 1. The average molecular weight is 280 g/mol. The van der Waals surface area contributed by atoms with Crippen LogP contribution in [0.1, 0.15) is 43.9 Å². The van der Waals surface area contributed by atoms with Crippen molar-refractivity contribution in [3.63, 3.8) is 0 Å². The molecule has 0 spiro atoms. The van der Waals surface area contributed by atoms with E-state index in [9.17, 15) is 0 Å². The summed E-state index contributed by atoms with van der Waals surface area (Å²) in [4.78, 5) is 6.97. The molecule has 3 rings (SSSR count). The smallest absolute Gasteiger partial charge is 0.229 e. The van der Waals surface area contributed by atoms with E-state index >= 15 is 0 Å². The second kappa shape index (κ2) is 5.79. The molecule has 2 fully saturated rings. The molecule has 1 unspecified atom stereocenters. The maximum atomic E-state index is 5.62. The van der Waals surface area contributed by atoms with Crippen LogP contribution in [0.25, 0.3) is 0 Å². The molecule has 112 valence electrons. The molecule has 6 heteroatoms. The van der Waals surface area contributed by atoms with Crippen LogP contribution >= 0.6 is 0 Å². The second-order valence-corrected chi connectivity index (χ2v) is 5.93. The molecular weight excluding hydrogens is 256 g/mol. The lowest BCUT2D eigenvalue weighted by Gasteiger charge is -2.39. The van der Waals surface area contributed by atoms with Gasteiger partial charge in [-0.15, -0.1) is 0 Å². The summed E-state index contributed by atoms with van der Waals surface area (Å²) in [6.07, 6.45) is 4.15. The molecule has 1 saturated heterocycles. The minimum Gasteiger partial charge on any atom is -0.378 e. The Labute approximate surface area is 119 Å². The molecular formula is C14H24N4O2. The van der Waals surface area contributed by atoms with Crippen molar-refractivity contribution in [3.05, 3.63) is 11.7 Å². The van der Waals surface area contributed by atoms with E-state index in [2.05, 4.69) is 27.3 Å². The van der Waals surface area contributed by atoms with Gasteiger partial charge in [-0.3, -0.25) is 4.90 Å². The molecule has 0 aromatic carbocycles. The van der Waals surface area contributed by atoms with Gasteiger partial charge >= 0.3 is 0 Å². The van der Waals surface area contributed by atoms with Gasteiger partial charge in [-0.05, 0) is 26.2 Å². The summed E-state index contributed by atoms with van der Waals surface area (Å²) in [5, 5.41) is 7.52. The molecule has 20 heavy (non-hydrogen) atoms. The third kappa shape index (κ3) is 2.73. The lowest BCUT2D eigenvalue weighted by Crippen LogP contribution is -2.44. The van der Waals surface area contributed by atoms with Gasteiger partial charge in [0.2, 0.25) is 5.89 Å². The van der Waals surface area contributed by atoms with Crippen LogP contribution < -0.4 is 5.32 Å². The molecule has 0 bridgehead atoms. The minimum atomic E-state index is -0.0535. The number of nitrogens with zero attached hydrogens (tertiary/aromatic N) is 3. The van der Waals surface area contributed by atoms with Crippen molar-refractivity contribution in [2.24, 2.45) is 0 Å². The Hall–Kier alpha value is -0.980. The van der Waals surface area contributed by atoms with Gasteiger partial charge in [-0.1, -0.05) is 5.16 Å². The van der Waals surface area contributed by atoms with Crippen LogP contribution in [-0.4, -0.2) is 53.9 Å². The van der Waals surface area contributed by atoms with Crippen molar-refractivity contribution in [1.82, 2.24) is 20.4 Å². The lowest BCUT2D eigenvalue weighted by molar-refractivity contribution is -0.0751. The van der Waals surface area contributed by atoms with Crippen LogP contribution in [0.4, 0.5) is 0 Å². The summed E-state index contributed by atoms with van der Waals surface area (Å²) in [7, 11) is 1.78. The first kappa shape index (κ1) is 14.0. The van der Waals surface area contributed by atoms with Gasteiger partial charge in [0, 0.05) is 33.3 Å². The first-order valence-electron chi connectivity index (χ1n) is 7.55. The Balaban J connectivity index is 1.63. The van der Waals surface area contributed by atoms with E-state index in [-0.39, 0.29) is 11.6 Å². The largest absolute Gasteiger partial charge is 0.378 e. The van der Waals surface area contributed by atoms with Gasteiger partial charge in [-0.25, -0.2) is 0 Å². The Morgan fingerprint density at radius 3 is 2.75 bits per heavy atom. The van der Waals surface area contributed by atoms with E-state index in [1.807, 2.05) is 0 Å². The molecule has 0 amide bonds. The van der Waals surface area contributed by atoms with Crippen molar-refractivity contribution in [2.75, 3.05) is 33.3 Å². The fourth-order valence-electron chi connectivity index (χ4n) is 3.04. The predicted molar refractivity (Wildman–Crippen MR) is 74.5 cm³/mol. The molecule has 1 saturated carbocycles. The van der Waals surface area contributed by atoms with Crippen molar-refractivity contribution in [1.29, 1.82) is 0 Å². The third-order valence-electron chi connectivity index (χ3n) is 4.73. The maximum Gasteiger partial charge on any atom is 0.229 e. The first-order chi connectivity index (χ1) is 9.72. The van der Waals surface area contributed by atoms with Gasteiger partial charge in [0.15, 0.2) is 5.82 Å². The highest BCUT2D eigenvalue weighted by Gasteiger charge is 2.39. The monoisotopic (exact) mass is 280 g/mol. The molecule has 1 N–H and O–H groups in total. The van der Waals surface area contributed by atoms with Gasteiger partial charge in [-0.2, -0.15) is 4.98 Å². The van der Waals surface area contributed by atoms with Crippen molar-refractivity contribution in [3.8, 4) is 0 Å². The zero-order valence-corrected chi connectivity index (χ0v) is 12.4. The SMILES string of the molecule is COC1(Cc2nc(C(C)N3CCNCC3)no2)CCC1. The van der Waals surface area contributed by atoms with Crippen LogP contribution in [0.5, 0.6) is 0 Å². The summed E-state index contributed by atoms with van der Waals surface area (Å²) in [5.41, 5.74) is -0.0535. The summed E-state index contributed by atoms with van der Waals surface area (Å²) in [6, 6.07) is 0.217. The van der Waals surface area contributed by atoms with Crippen molar-refractivity contribution in [2.45, 2.75) is 44.2 Å². The number of ether oxygens (including phenoxy) is 1. The molecule has 1 atom stereocenters.